The predicted molar refractivity (Wildman–Crippen MR) is 94.6 cm³/mol. The predicted octanol–water partition coefficient (Wildman–Crippen LogP) is 2.35. The Balaban J connectivity index is 1.80. The molecule has 2 aliphatic heterocycles. The van der Waals surface area contributed by atoms with Crippen molar-refractivity contribution in [3.05, 3.63) is 35.4 Å². The molecule has 0 spiro atoms. The van der Waals surface area contributed by atoms with E-state index in [1.54, 1.807) is 20.8 Å². The van der Waals surface area contributed by atoms with Crippen LogP contribution >= 0.6 is 0 Å². The van der Waals surface area contributed by atoms with Crippen LogP contribution in [0.3, 0.4) is 0 Å². The van der Waals surface area contributed by atoms with Crippen molar-refractivity contribution in [1.82, 2.24) is 10.2 Å². The molecule has 1 aromatic carbocycles. The van der Waals surface area contributed by atoms with Gasteiger partial charge in [0.1, 0.15) is 23.3 Å². The summed E-state index contributed by atoms with van der Waals surface area (Å²) in [4.78, 5) is 25.7. The summed E-state index contributed by atoms with van der Waals surface area (Å²) in [5.41, 5.74) is -0.376. The summed E-state index contributed by atoms with van der Waals surface area (Å²) in [7, 11) is 0. The van der Waals surface area contributed by atoms with E-state index in [1.165, 1.54) is 17.0 Å². The highest BCUT2D eigenvalue weighted by Crippen LogP contribution is 2.30. The number of carbonyl (C=O) groups excluding carboxylic acids is 2. The number of amides is 2. The van der Waals surface area contributed by atoms with E-state index >= 15 is 0 Å². The maximum Gasteiger partial charge on any atom is 0.410 e. The van der Waals surface area contributed by atoms with Crippen molar-refractivity contribution in [2.45, 2.75) is 63.5 Å². The van der Waals surface area contributed by atoms with Gasteiger partial charge in [0.2, 0.25) is 0 Å². The Bertz CT molecular complexity index is 747. The minimum atomic E-state index is -0.788. The molecule has 1 aromatic rings. The lowest BCUT2D eigenvalue weighted by molar-refractivity contribution is 0.00479. The Kier molecular flexibility index (Phi) is 5.47. The van der Waals surface area contributed by atoms with Crippen molar-refractivity contribution in [1.29, 1.82) is 0 Å². The normalized spacial score (nSPS) is 27.5. The van der Waals surface area contributed by atoms with Crippen LogP contribution in [0.15, 0.2) is 18.2 Å². The lowest BCUT2D eigenvalue weighted by atomic mass is 9.95. The van der Waals surface area contributed by atoms with Gasteiger partial charge in [-0.1, -0.05) is 0 Å². The molecule has 2 amide bonds. The first-order valence-corrected chi connectivity index (χ1v) is 9.11. The van der Waals surface area contributed by atoms with Gasteiger partial charge < -0.3 is 19.9 Å². The number of nitrogens with one attached hydrogen (secondary N) is 1. The Morgan fingerprint density at radius 2 is 1.96 bits per heavy atom. The first kappa shape index (κ1) is 20.3. The van der Waals surface area contributed by atoms with Crippen molar-refractivity contribution in [3.63, 3.8) is 0 Å². The van der Waals surface area contributed by atoms with Gasteiger partial charge in [-0.25, -0.2) is 18.4 Å². The summed E-state index contributed by atoms with van der Waals surface area (Å²) in [6.45, 7) is 5.23. The zero-order valence-electron chi connectivity index (χ0n) is 15.9. The van der Waals surface area contributed by atoms with E-state index in [0.717, 1.165) is 6.07 Å². The highest BCUT2D eigenvalue weighted by atomic mass is 19.1. The minimum absolute atomic E-state index is 0.0505. The number of hydrogen-bond donors (Lipinski definition) is 2. The molecule has 2 saturated heterocycles. The van der Waals surface area contributed by atoms with E-state index in [9.17, 15) is 23.5 Å². The fourth-order valence-electron chi connectivity index (χ4n) is 3.65. The summed E-state index contributed by atoms with van der Waals surface area (Å²) in [5.74, 6) is -1.44. The van der Waals surface area contributed by atoms with Gasteiger partial charge in [0, 0.05) is 6.07 Å². The van der Waals surface area contributed by atoms with Crippen molar-refractivity contribution >= 4 is 12.2 Å². The number of halogens is 2. The number of hydrogen-bond acceptors (Lipinski definition) is 5. The number of ether oxygens (including phenoxy) is 2. The number of nitrogens with zero attached hydrogens (tertiary/aromatic N) is 1. The lowest BCUT2D eigenvalue weighted by Gasteiger charge is -2.32. The third-order valence-corrected chi connectivity index (χ3v) is 4.65. The number of likely N-dealkylation sites (tertiary alicyclic amines) is 1. The number of alkyl carbamates (subject to hydrolysis) is 1. The number of β-amino-alcohol motifs (C(OH)–C–C–N with tert-alkyl or cyclic N) is 1. The monoisotopic (exact) mass is 398 g/mol. The molecule has 0 bridgehead atoms. The summed E-state index contributed by atoms with van der Waals surface area (Å²) in [6, 6.07) is 1.89. The molecule has 0 unspecified atom stereocenters. The number of rotatable bonds is 3. The van der Waals surface area contributed by atoms with Crippen LogP contribution in [0.1, 0.15) is 32.8 Å². The largest absolute Gasteiger partial charge is 0.444 e. The first-order chi connectivity index (χ1) is 13.0. The summed E-state index contributed by atoms with van der Waals surface area (Å²) in [5, 5.41) is 12.7. The molecule has 0 aromatic heterocycles. The standard InChI is InChI=1S/C19H24F2N2O5/c1-19(2,3)28-18(26)23-9-13(24)8-15(23)16-14(22-17(25)27-16)6-10-4-11(20)7-12(21)5-10/h4-5,7,13-16,24H,6,8-9H2,1-3H3,(H,22,25)/t13-,14+,15+,16+/m1/s1. The van der Waals surface area contributed by atoms with Crippen LogP contribution in [0.4, 0.5) is 18.4 Å². The minimum Gasteiger partial charge on any atom is -0.444 e. The quantitative estimate of drug-likeness (QED) is 0.816. The number of carbonyl (C=O) groups is 2. The van der Waals surface area contributed by atoms with Gasteiger partial charge in [0.25, 0.3) is 0 Å². The second kappa shape index (κ2) is 7.54. The average molecular weight is 398 g/mol. The molecule has 0 radical (unpaired) electrons. The van der Waals surface area contributed by atoms with Crippen LogP contribution in [0.25, 0.3) is 0 Å². The second-order valence-electron chi connectivity index (χ2n) is 8.19. The Labute approximate surface area is 161 Å². The van der Waals surface area contributed by atoms with Gasteiger partial charge >= 0.3 is 12.2 Å². The van der Waals surface area contributed by atoms with E-state index in [4.69, 9.17) is 9.47 Å². The molecule has 154 valence electrons. The highest BCUT2D eigenvalue weighted by molar-refractivity contribution is 5.72. The molecule has 0 aliphatic carbocycles. The van der Waals surface area contributed by atoms with Crippen molar-refractivity contribution in [2.75, 3.05) is 6.54 Å². The number of benzene rings is 1. The molecule has 7 nitrogen and oxygen atoms in total. The summed E-state index contributed by atoms with van der Waals surface area (Å²) in [6.07, 6.45) is -2.57. The zero-order valence-corrected chi connectivity index (χ0v) is 15.9. The van der Waals surface area contributed by atoms with E-state index in [-0.39, 0.29) is 19.4 Å². The van der Waals surface area contributed by atoms with Crippen LogP contribution in [0.2, 0.25) is 0 Å². The molecular formula is C19H24F2N2O5. The Morgan fingerprint density at radius 3 is 2.57 bits per heavy atom. The van der Waals surface area contributed by atoms with E-state index in [1.807, 2.05) is 0 Å². The third-order valence-electron chi connectivity index (χ3n) is 4.65. The molecule has 28 heavy (non-hydrogen) atoms. The average Bonchev–Trinajstić information content (AvgIpc) is 3.07. The van der Waals surface area contributed by atoms with Gasteiger partial charge in [-0.05, 0) is 51.3 Å². The molecule has 2 aliphatic rings. The number of aliphatic hydroxyl groups is 1. The number of cyclic esters (lactones) is 1. The topological polar surface area (TPSA) is 88.1 Å². The molecule has 9 heteroatoms. The molecule has 3 rings (SSSR count). The van der Waals surface area contributed by atoms with E-state index in [0.29, 0.717) is 5.56 Å². The number of aliphatic hydroxyl groups excluding tert-OH is 1. The molecule has 4 atom stereocenters. The second-order valence-corrected chi connectivity index (χ2v) is 8.19. The zero-order chi connectivity index (χ0) is 20.6. The first-order valence-electron chi connectivity index (χ1n) is 9.11. The van der Waals surface area contributed by atoms with Crippen LogP contribution in [-0.4, -0.2) is 58.6 Å². The van der Waals surface area contributed by atoms with E-state index < -0.39 is 53.7 Å². The highest BCUT2D eigenvalue weighted by Gasteiger charge is 2.48. The summed E-state index contributed by atoms with van der Waals surface area (Å²) < 4.78 is 37.7. The molecular weight excluding hydrogens is 374 g/mol. The molecule has 2 heterocycles. The Morgan fingerprint density at radius 1 is 1.32 bits per heavy atom. The maximum absolute atomic E-state index is 13.5. The SMILES string of the molecule is CC(C)(C)OC(=O)N1C[C@H](O)C[C@H]1[C@H]1OC(=O)N[C@H]1Cc1cc(F)cc(F)c1. The molecule has 2 N–H and O–H groups in total. The van der Waals surface area contributed by atoms with Gasteiger partial charge in [-0.2, -0.15) is 0 Å². The van der Waals surface area contributed by atoms with Gasteiger partial charge in [0.05, 0.1) is 24.7 Å². The van der Waals surface area contributed by atoms with Crippen LogP contribution in [-0.2, 0) is 15.9 Å². The fraction of sp³-hybridized carbons (Fsp3) is 0.579. The van der Waals surface area contributed by atoms with Crippen molar-refractivity contribution in [3.8, 4) is 0 Å². The summed E-state index contributed by atoms with van der Waals surface area (Å²) >= 11 is 0. The smallest absolute Gasteiger partial charge is 0.410 e. The van der Waals surface area contributed by atoms with Gasteiger partial charge in [-0.15, -0.1) is 0 Å². The van der Waals surface area contributed by atoms with Gasteiger partial charge in [0.15, 0.2) is 0 Å². The van der Waals surface area contributed by atoms with Gasteiger partial charge in [-0.3, -0.25) is 4.90 Å². The van der Waals surface area contributed by atoms with E-state index in [2.05, 4.69) is 5.32 Å². The van der Waals surface area contributed by atoms with Crippen LogP contribution in [0.5, 0.6) is 0 Å². The third kappa shape index (κ3) is 4.70. The van der Waals surface area contributed by atoms with Crippen molar-refractivity contribution in [2.24, 2.45) is 0 Å². The lowest BCUT2D eigenvalue weighted by Crippen LogP contribution is -2.50. The van der Waals surface area contributed by atoms with Crippen LogP contribution < -0.4 is 5.32 Å². The van der Waals surface area contributed by atoms with Crippen molar-refractivity contribution < 1.29 is 33.0 Å². The molecule has 0 saturated carbocycles. The maximum atomic E-state index is 13.5. The van der Waals surface area contributed by atoms with Crippen LogP contribution in [0, 0.1) is 11.6 Å². The molecule has 2 fully saturated rings. The Hall–Kier alpha value is -2.42. The fourth-order valence-corrected chi connectivity index (χ4v) is 3.65.